The number of hydrogen-bond donors (Lipinski definition) is 2. The van der Waals surface area contributed by atoms with E-state index in [4.69, 9.17) is 0 Å². The Balaban J connectivity index is 1.69. The van der Waals surface area contributed by atoms with Crippen LogP contribution in [0.15, 0.2) is 11.6 Å². The van der Waals surface area contributed by atoms with Gasteiger partial charge < -0.3 is 10.6 Å². The van der Waals surface area contributed by atoms with Crippen LogP contribution < -0.4 is 10.6 Å². The van der Waals surface area contributed by atoms with E-state index in [1.54, 1.807) is 6.20 Å². The average molecular weight is 268 g/mol. The normalized spacial score (nSPS) is 20.0. The third kappa shape index (κ3) is 4.36. The van der Waals surface area contributed by atoms with E-state index in [9.17, 15) is 4.79 Å². The van der Waals surface area contributed by atoms with Gasteiger partial charge in [-0.3, -0.25) is 9.69 Å². The Bertz CT molecular complexity index is 362. The summed E-state index contributed by atoms with van der Waals surface area (Å²) in [4.78, 5) is 17.9. The second kappa shape index (κ2) is 6.82. The first-order valence-electron chi connectivity index (χ1n) is 6.35. The lowest BCUT2D eigenvalue weighted by Crippen LogP contribution is -2.44. The maximum absolute atomic E-state index is 11.8. The molecule has 0 saturated carbocycles. The topological polar surface area (TPSA) is 57.3 Å². The molecular weight excluding hydrogens is 248 g/mol. The van der Waals surface area contributed by atoms with Crippen molar-refractivity contribution in [3.05, 3.63) is 11.6 Å². The number of likely N-dealkylation sites (N-methyl/N-ethyl adjacent to an activating group) is 1. The summed E-state index contributed by atoms with van der Waals surface area (Å²) in [5, 5.41) is 8.80. The molecular formula is C12H20N4OS. The van der Waals surface area contributed by atoms with Crippen molar-refractivity contribution >= 4 is 22.4 Å². The quantitative estimate of drug-likeness (QED) is 0.841. The van der Waals surface area contributed by atoms with E-state index in [2.05, 4.69) is 20.5 Å². The fourth-order valence-electron chi connectivity index (χ4n) is 2.21. The molecule has 1 amide bonds. The van der Waals surface area contributed by atoms with Gasteiger partial charge in [0.1, 0.15) is 0 Å². The van der Waals surface area contributed by atoms with Crippen molar-refractivity contribution in [2.45, 2.75) is 25.3 Å². The van der Waals surface area contributed by atoms with Gasteiger partial charge in [0.2, 0.25) is 5.91 Å². The van der Waals surface area contributed by atoms with Crippen LogP contribution in [0, 0.1) is 0 Å². The zero-order valence-electron chi connectivity index (χ0n) is 10.7. The van der Waals surface area contributed by atoms with E-state index in [0.717, 1.165) is 13.1 Å². The SMILES string of the molecule is CN(CC(=O)Nc1nccs1)CC1CCCCN1. The van der Waals surface area contributed by atoms with E-state index in [-0.39, 0.29) is 5.91 Å². The van der Waals surface area contributed by atoms with Crippen LogP contribution in [0.25, 0.3) is 0 Å². The molecule has 100 valence electrons. The van der Waals surface area contributed by atoms with Gasteiger partial charge >= 0.3 is 0 Å². The number of amides is 1. The Kier molecular flexibility index (Phi) is 5.10. The highest BCUT2D eigenvalue weighted by Crippen LogP contribution is 2.10. The molecule has 2 rings (SSSR count). The van der Waals surface area contributed by atoms with E-state index < -0.39 is 0 Å². The molecule has 0 aliphatic carbocycles. The summed E-state index contributed by atoms with van der Waals surface area (Å²) in [5.41, 5.74) is 0. The highest BCUT2D eigenvalue weighted by molar-refractivity contribution is 7.13. The van der Waals surface area contributed by atoms with Crippen LogP contribution in [0.5, 0.6) is 0 Å². The Morgan fingerprint density at radius 1 is 1.67 bits per heavy atom. The number of rotatable bonds is 5. The Morgan fingerprint density at radius 2 is 2.56 bits per heavy atom. The van der Waals surface area contributed by atoms with Gasteiger partial charge in [0.25, 0.3) is 0 Å². The number of aromatic nitrogens is 1. The zero-order valence-corrected chi connectivity index (χ0v) is 11.5. The molecule has 1 fully saturated rings. The number of piperidine rings is 1. The van der Waals surface area contributed by atoms with Gasteiger partial charge in [-0.2, -0.15) is 0 Å². The molecule has 2 heterocycles. The van der Waals surface area contributed by atoms with Crippen molar-refractivity contribution in [2.24, 2.45) is 0 Å². The minimum atomic E-state index is 0.00302. The maximum atomic E-state index is 11.8. The molecule has 18 heavy (non-hydrogen) atoms. The lowest BCUT2D eigenvalue weighted by atomic mass is 10.0. The number of hydrogen-bond acceptors (Lipinski definition) is 5. The number of carbonyl (C=O) groups is 1. The lowest BCUT2D eigenvalue weighted by Gasteiger charge is -2.27. The van der Waals surface area contributed by atoms with Crippen molar-refractivity contribution in [1.29, 1.82) is 0 Å². The van der Waals surface area contributed by atoms with Crippen molar-refractivity contribution in [2.75, 3.05) is 32.0 Å². The summed E-state index contributed by atoms with van der Waals surface area (Å²) < 4.78 is 0. The van der Waals surface area contributed by atoms with Crippen LogP contribution in [-0.2, 0) is 4.79 Å². The van der Waals surface area contributed by atoms with Gasteiger partial charge in [0.05, 0.1) is 6.54 Å². The Labute approximate surface area is 112 Å². The zero-order chi connectivity index (χ0) is 12.8. The standard InChI is InChI=1S/C12H20N4OS/c1-16(8-10-4-2-3-5-13-10)9-11(17)15-12-14-6-7-18-12/h6-7,10,13H,2-5,8-9H2,1H3,(H,14,15,17). The molecule has 2 N–H and O–H groups in total. The van der Waals surface area contributed by atoms with Gasteiger partial charge in [-0.05, 0) is 26.4 Å². The molecule has 1 atom stereocenters. The molecule has 0 aromatic carbocycles. The molecule has 1 aromatic heterocycles. The maximum Gasteiger partial charge on any atom is 0.240 e. The summed E-state index contributed by atoms with van der Waals surface area (Å²) in [6, 6.07) is 0.524. The number of carbonyl (C=O) groups excluding carboxylic acids is 1. The second-order valence-corrected chi connectivity index (χ2v) is 5.62. The monoisotopic (exact) mass is 268 g/mol. The average Bonchev–Trinajstić information content (AvgIpc) is 2.82. The summed E-state index contributed by atoms with van der Waals surface area (Å²) in [6.07, 6.45) is 5.45. The van der Waals surface area contributed by atoms with Gasteiger partial charge in [-0.1, -0.05) is 6.42 Å². The van der Waals surface area contributed by atoms with Crippen molar-refractivity contribution in [3.63, 3.8) is 0 Å². The van der Waals surface area contributed by atoms with E-state index in [1.807, 2.05) is 12.4 Å². The number of nitrogens with one attached hydrogen (secondary N) is 2. The molecule has 1 aliphatic rings. The predicted octanol–water partition coefficient (Wildman–Crippen LogP) is 1.16. The summed E-state index contributed by atoms with van der Waals surface area (Å²) in [7, 11) is 1.98. The minimum Gasteiger partial charge on any atom is -0.313 e. The molecule has 1 saturated heterocycles. The third-order valence-electron chi connectivity index (χ3n) is 3.04. The highest BCUT2D eigenvalue weighted by atomic mass is 32.1. The number of nitrogens with zero attached hydrogens (tertiary/aromatic N) is 2. The number of anilines is 1. The van der Waals surface area contributed by atoms with Gasteiger partial charge in [0.15, 0.2) is 5.13 Å². The molecule has 6 heteroatoms. The summed E-state index contributed by atoms with van der Waals surface area (Å²) in [6.45, 7) is 2.44. The second-order valence-electron chi connectivity index (χ2n) is 4.73. The molecule has 0 spiro atoms. The first-order valence-corrected chi connectivity index (χ1v) is 7.23. The van der Waals surface area contributed by atoms with Crippen molar-refractivity contribution < 1.29 is 4.79 Å². The first-order chi connectivity index (χ1) is 8.74. The highest BCUT2D eigenvalue weighted by Gasteiger charge is 2.16. The summed E-state index contributed by atoms with van der Waals surface area (Å²) in [5.74, 6) is 0.00302. The Hall–Kier alpha value is -0.980. The van der Waals surface area contributed by atoms with E-state index in [1.165, 1.54) is 30.6 Å². The molecule has 0 radical (unpaired) electrons. The minimum absolute atomic E-state index is 0.00302. The molecule has 0 bridgehead atoms. The van der Waals surface area contributed by atoms with Crippen molar-refractivity contribution in [1.82, 2.24) is 15.2 Å². The van der Waals surface area contributed by atoms with Crippen LogP contribution in [0.4, 0.5) is 5.13 Å². The predicted molar refractivity (Wildman–Crippen MR) is 73.9 cm³/mol. The van der Waals surface area contributed by atoms with Crippen LogP contribution in [0.3, 0.4) is 0 Å². The van der Waals surface area contributed by atoms with Gasteiger partial charge in [-0.25, -0.2) is 4.98 Å². The number of thiazole rings is 1. The molecule has 1 aliphatic heterocycles. The fourth-order valence-corrected chi connectivity index (χ4v) is 2.75. The van der Waals surface area contributed by atoms with Crippen LogP contribution in [0.1, 0.15) is 19.3 Å². The summed E-state index contributed by atoms with van der Waals surface area (Å²) >= 11 is 1.44. The van der Waals surface area contributed by atoms with Gasteiger partial charge in [0, 0.05) is 24.2 Å². The molecule has 5 nitrogen and oxygen atoms in total. The Morgan fingerprint density at radius 3 is 3.22 bits per heavy atom. The van der Waals surface area contributed by atoms with Crippen LogP contribution >= 0.6 is 11.3 Å². The van der Waals surface area contributed by atoms with Crippen LogP contribution in [0.2, 0.25) is 0 Å². The lowest BCUT2D eigenvalue weighted by molar-refractivity contribution is -0.117. The molecule has 1 aromatic rings. The largest absolute Gasteiger partial charge is 0.313 e. The first kappa shape index (κ1) is 13.5. The van der Waals surface area contributed by atoms with Crippen molar-refractivity contribution in [3.8, 4) is 0 Å². The smallest absolute Gasteiger partial charge is 0.240 e. The van der Waals surface area contributed by atoms with E-state index in [0.29, 0.717) is 17.7 Å². The van der Waals surface area contributed by atoms with Crippen LogP contribution in [-0.4, -0.2) is 48.5 Å². The third-order valence-corrected chi connectivity index (χ3v) is 3.73. The van der Waals surface area contributed by atoms with Gasteiger partial charge in [-0.15, -0.1) is 11.3 Å². The van der Waals surface area contributed by atoms with E-state index >= 15 is 0 Å². The molecule has 1 unspecified atom stereocenters. The fraction of sp³-hybridized carbons (Fsp3) is 0.667.